The molecule has 1 saturated carbocycles. The predicted octanol–water partition coefficient (Wildman–Crippen LogP) is 10.3. The van der Waals surface area contributed by atoms with Gasteiger partial charge in [-0.3, -0.25) is 9.59 Å². The maximum atomic E-state index is 13.0. The Morgan fingerprint density at radius 2 is 1.27 bits per heavy atom. The van der Waals surface area contributed by atoms with Crippen molar-refractivity contribution in [1.82, 2.24) is 9.97 Å². The number of carboxylic acid groups (broad SMARTS) is 2. The molecule has 2 heterocycles. The third-order valence-electron chi connectivity index (χ3n) is 10.4. The summed E-state index contributed by atoms with van der Waals surface area (Å²) in [7, 11) is 6.19. The van der Waals surface area contributed by atoms with E-state index in [0.717, 1.165) is 40.8 Å². The first-order chi connectivity index (χ1) is 30.4. The van der Waals surface area contributed by atoms with Crippen molar-refractivity contribution in [2.24, 2.45) is 0 Å². The fraction of sp³-hybridized carbons (Fsp3) is 0.140. The number of carboxylic acids is 2. The van der Waals surface area contributed by atoms with E-state index >= 15 is 0 Å². The molecule has 0 spiro atoms. The maximum Gasteiger partial charge on any atom is 0.335 e. The summed E-state index contributed by atoms with van der Waals surface area (Å²) in [6.45, 7) is 3.99. The molecule has 1 aliphatic carbocycles. The molecule has 0 unspecified atom stereocenters. The highest BCUT2D eigenvalue weighted by Crippen LogP contribution is 2.43. The highest BCUT2D eigenvalue weighted by molar-refractivity contribution is 6.29. The lowest BCUT2D eigenvalue weighted by Gasteiger charge is -2.15. The molecule has 0 atom stereocenters. The second kappa shape index (κ2) is 18.6. The Bertz CT molecular complexity index is 2870. The van der Waals surface area contributed by atoms with Gasteiger partial charge in [-0.1, -0.05) is 49.0 Å². The summed E-state index contributed by atoms with van der Waals surface area (Å²) in [6, 6.07) is 28.2. The number of benzene rings is 5. The summed E-state index contributed by atoms with van der Waals surface area (Å²) in [4.78, 5) is 55.6. The molecule has 8 rings (SSSR count). The molecule has 2 aromatic heterocycles. The molecule has 3 N–H and O–H groups in total. The first-order valence-electron chi connectivity index (χ1n) is 19.6. The van der Waals surface area contributed by atoms with Gasteiger partial charge in [0.25, 0.3) is 0 Å². The first-order valence-corrected chi connectivity index (χ1v) is 19.6. The third kappa shape index (κ3) is 9.42. The molecule has 5 aromatic carbocycles. The van der Waals surface area contributed by atoms with Crippen LogP contribution in [0.4, 0.5) is 0 Å². The van der Waals surface area contributed by atoms with Crippen molar-refractivity contribution in [1.29, 1.82) is 0 Å². The van der Waals surface area contributed by atoms with Crippen molar-refractivity contribution in [2.45, 2.75) is 18.8 Å². The summed E-state index contributed by atoms with van der Waals surface area (Å²) in [5.41, 5.74) is 5.28. The number of hydrogen-bond acceptors (Lipinski definition) is 10. The number of para-hydroxylation sites is 1. The molecule has 0 radical (unpaired) electrons. The average molecular weight is 847 g/mol. The third-order valence-corrected chi connectivity index (χ3v) is 10.4. The van der Waals surface area contributed by atoms with E-state index in [2.05, 4.69) is 16.5 Å². The number of hydrogen-bond donors (Lipinski definition) is 3. The monoisotopic (exact) mass is 846 g/mol. The predicted molar refractivity (Wildman–Crippen MR) is 237 cm³/mol. The van der Waals surface area contributed by atoms with Crippen molar-refractivity contribution in [3.8, 4) is 45.6 Å². The number of carbonyl (C=O) groups is 4. The average Bonchev–Trinajstić information content (AvgIpc) is 3.88. The number of imidazole rings is 1. The van der Waals surface area contributed by atoms with E-state index < -0.39 is 11.9 Å². The van der Waals surface area contributed by atoms with Crippen LogP contribution in [0.3, 0.4) is 0 Å². The van der Waals surface area contributed by atoms with E-state index in [1.54, 1.807) is 45.6 Å². The topological polar surface area (TPSA) is 187 Å². The highest BCUT2D eigenvalue weighted by atomic mass is 16.5. The van der Waals surface area contributed by atoms with E-state index in [1.165, 1.54) is 61.7 Å². The van der Waals surface area contributed by atoms with Crippen LogP contribution in [0, 0.1) is 0 Å². The largest absolute Gasteiger partial charge is 0.496 e. The van der Waals surface area contributed by atoms with Gasteiger partial charge in [0.05, 0.1) is 50.8 Å². The molecule has 7 aromatic rings. The fourth-order valence-corrected chi connectivity index (χ4v) is 6.84. The smallest absolute Gasteiger partial charge is 0.335 e. The van der Waals surface area contributed by atoms with Crippen LogP contribution in [-0.4, -0.2) is 72.1 Å². The van der Waals surface area contributed by atoms with Gasteiger partial charge in [-0.25, -0.2) is 14.6 Å². The number of nitrogens with zero attached hydrogens (tertiary/aromatic N) is 1. The number of Topliss-reactive ketones (excluding diaryl/α,β-unsaturated/α-hetero) is 1. The Kier molecular flexibility index (Phi) is 12.7. The number of carbonyl (C=O) groups excluding carboxylic acids is 2. The zero-order valence-corrected chi connectivity index (χ0v) is 34.8. The van der Waals surface area contributed by atoms with Crippen molar-refractivity contribution < 1.29 is 52.8 Å². The molecule has 318 valence electrons. The number of ketones is 2. The van der Waals surface area contributed by atoms with E-state index in [1.807, 2.05) is 42.6 Å². The van der Waals surface area contributed by atoms with Gasteiger partial charge in [0.1, 0.15) is 40.2 Å². The Balaban J connectivity index is 0.000000189. The number of aromatic carboxylic acids is 2. The van der Waals surface area contributed by atoms with Crippen LogP contribution in [-0.2, 0) is 0 Å². The molecular weight excluding hydrogens is 805 g/mol. The van der Waals surface area contributed by atoms with Crippen molar-refractivity contribution in [2.75, 3.05) is 28.4 Å². The molecule has 63 heavy (non-hydrogen) atoms. The number of H-pyrrole nitrogens is 1. The van der Waals surface area contributed by atoms with E-state index in [9.17, 15) is 19.2 Å². The molecular formula is C50H42N2O11. The van der Waals surface area contributed by atoms with Gasteiger partial charge in [0, 0.05) is 63.0 Å². The maximum absolute atomic E-state index is 13.0. The molecule has 1 aliphatic rings. The van der Waals surface area contributed by atoms with Crippen LogP contribution in [0.25, 0.3) is 45.2 Å². The van der Waals surface area contributed by atoms with Crippen molar-refractivity contribution in [3.05, 3.63) is 161 Å². The lowest BCUT2D eigenvalue weighted by molar-refractivity contribution is 0.0686. The Morgan fingerprint density at radius 1 is 0.698 bits per heavy atom. The van der Waals surface area contributed by atoms with Crippen LogP contribution < -0.4 is 18.9 Å². The van der Waals surface area contributed by atoms with Crippen LogP contribution in [0.2, 0.25) is 0 Å². The molecule has 0 aliphatic heterocycles. The summed E-state index contributed by atoms with van der Waals surface area (Å²) >= 11 is 0. The number of ether oxygens (including phenoxy) is 4. The Morgan fingerprint density at radius 3 is 1.86 bits per heavy atom. The fourth-order valence-electron chi connectivity index (χ4n) is 6.84. The van der Waals surface area contributed by atoms with Gasteiger partial charge in [-0.15, -0.1) is 0 Å². The number of fused-ring (bicyclic) bond motifs is 1. The summed E-state index contributed by atoms with van der Waals surface area (Å²) in [6.07, 6.45) is 7.16. The molecule has 13 heteroatoms. The zero-order chi connectivity index (χ0) is 44.8. The number of nitrogens with one attached hydrogen (secondary N) is 1. The van der Waals surface area contributed by atoms with Crippen molar-refractivity contribution in [3.63, 3.8) is 0 Å². The number of aromatic nitrogens is 2. The Labute approximate surface area is 361 Å². The number of allylic oxidation sites excluding steroid dienone is 2. The molecule has 0 saturated heterocycles. The van der Waals surface area contributed by atoms with Crippen LogP contribution in [0.15, 0.2) is 126 Å². The van der Waals surface area contributed by atoms with E-state index in [4.69, 9.17) is 33.6 Å². The number of aromatic amines is 1. The summed E-state index contributed by atoms with van der Waals surface area (Å²) in [5, 5.41) is 19.0. The highest BCUT2D eigenvalue weighted by Gasteiger charge is 2.28. The second-order valence-corrected chi connectivity index (χ2v) is 14.4. The normalized spacial score (nSPS) is 12.0. The first kappa shape index (κ1) is 42.9. The minimum atomic E-state index is -1.05. The van der Waals surface area contributed by atoms with E-state index in [0.29, 0.717) is 62.6 Å². The van der Waals surface area contributed by atoms with Gasteiger partial charge < -0.3 is 38.6 Å². The standard InChI is InChI=1S/C26H20O6.C24H22N2O5/c1-30-23-15-24(31-2)20(25-14-18-5-3-4-6-22(18)32-25)13-19(23)11-12-21(27)16-7-9-17(10-8-16)26(28)29;1-13(22(27)14-4-8-16(9-5-14)24(28)29)17-10-18(21(31-3)11-20(17)30-2)19-12-25-23(26-19)15-6-7-15/h3-15H,1-2H3,(H,28,29);4-5,8-12,15H,1,6-7H2,2-3H3,(H,25,26)(H,28,29)/b12-11+;. The Hall–Kier alpha value is -8.19. The van der Waals surface area contributed by atoms with Gasteiger partial charge in [0.2, 0.25) is 0 Å². The molecule has 1 fully saturated rings. The zero-order valence-electron chi connectivity index (χ0n) is 34.8. The van der Waals surface area contributed by atoms with Gasteiger partial charge in [0.15, 0.2) is 11.6 Å². The van der Waals surface area contributed by atoms with Gasteiger partial charge >= 0.3 is 11.9 Å². The lowest BCUT2D eigenvalue weighted by Crippen LogP contribution is -2.05. The minimum Gasteiger partial charge on any atom is -0.496 e. The van der Waals surface area contributed by atoms with Crippen LogP contribution in [0.5, 0.6) is 23.0 Å². The number of methoxy groups -OCH3 is 4. The van der Waals surface area contributed by atoms with E-state index in [-0.39, 0.29) is 28.3 Å². The quantitative estimate of drug-likeness (QED) is 0.0655. The summed E-state index contributed by atoms with van der Waals surface area (Å²) < 4.78 is 28.0. The van der Waals surface area contributed by atoms with Crippen LogP contribution in [0.1, 0.15) is 77.1 Å². The molecule has 13 nitrogen and oxygen atoms in total. The molecule has 0 bridgehead atoms. The van der Waals surface area contributed by atoms with Crippen LogP contribution >= 0.6 is 0 Å². The SMILES string of the molecule is C=C(C(=O)c1ccc(C(=O)O)cc1)c1cc(-c2c[nH]c(C3CC3)n2)c(OC)cc1OC.COc1cc(OC)c(-c2cc3ccccc3o2)cc1/C=C/C(=O)c1ccc(C(=O)O)cc1. The number of rotatable bonds is 15. The summed E-state index contributed by atoms with van der Waals surface area (Å²) in [5.74, 6) is 1.50. The minimum absolute atomic E-state index is 0.108. The lowest BCUT2D eigenvalue weighted by atomic mass is 9.94. The van der Waals surface area contributed by atoms with Crippen molar-refractivity contribution >= 4 is 46.1 Å². The second-order valence-electron chi connectivity index (χ2n) is 14.4. The van der Waals surface area contributed by atoms with Gasteiger partial charge in [-0.05, 0) is 73.5 Å². The van der Waals surface area contributed by atoms with Gasteiger partial charge in [-0.2, -0.15) is 0 Å². The molecule has 0 amide bonds. The number of furan rings is 1.